The van der Waals surface area contributed by atoms with Crippen molar-refractivity contribution in [2.24, 2.45) is 0 Å². The molecule has 1 saturated heterocycles. The Morgan fingerprint density at radius 2 is 1.95 bits per heavy atom. The molecule has 116 valence electrons. The highest BCUT2D eigenvalue weighted by molar-refractivity contribution is 5.81. The minimum atomic E-state index is -0.474. The van der Waals surface area contributed by atoms with Crippen LogP contribution in [-0.4, -0.2) is 43.2 Å². The Morgan fingerprint density at radius 1 is 1.29 bits per heavy atom. The van der Waals surface area contributed by atoms with Crippen molar-refractivity contribution in [2.75, 3.05) is 26.3 Å². The molecule has 0 aromatic heterocycles. The third-order valence-corrected chi connectivity index (χ3v) is 3.68. The van der Waals surface area contributed by atoms with Crippen LogP contribution in [0, 0.1) is 0 Å². The summed E-state index contributed by atoms with van der Waals surface area (Å²) < 4.78 is 11.1. The van der Waals surface area contributed by atoms with Gasteiger partial charge in [-0.25, -0.2) is 0 Å². The zero-order valence-corrected chi connectivity index (χ0v) is 13.4. The van der Waals surface area contributed by atoms with E-state index in [0.29, 0.717) is 26.3 Å². The molecule has 1 fully saturated rings. The fraction of sp³-hybridized carbons (Fsp3) is 0.588. The molecular weight excluding hydrogens is 266 g/mol. The first-order valence-corrected chi connectivity index (χ1v) is 7.51. The van der Waals surface area contributed by atoms with E-state index in [9.17, 15) is 4.79 Å². The summed E-state index contributed by atoms with van der Waals surface area (Å²) >= 11 is 0. The van der Waals surface area contributed by atoms with Crippen LogP contribution in [0.15, 0.2) is 24.3 Å². The van der Waals surface area contributed by atoms with E-state index in [-0.39, 0.29) is 11.3 Å². The normalized spacial score (nSPS) is 17.4. The number of carbonyl (C=O) groups is 1. The van der Waals surface area contributed by atoms with Crippen molar-refractivity contribution in [3.05, 3.63) is 29.8 Å². The lowest BCUT2D eigenvalue weighted by Gasteiger charge is -2.29. The molecule has 0 bridgehead atoms. The third kappa shape index (κ3) is 4.21. The predicted octanol–water partition coefficient (Wildman–Crippen LogP) is 2.61. The zero-order valence-electron chi connectivity index (χ0n) is 13.4. The maximum atomic E-state index is 12.3. The molecule has 0 aliphatic carbocycles. The molecule has 4 heteroatoms. The molecule has 0 N–H and O–H groups in total. The third-order valence-electron chi connectivity index (χ3n) is 3.68. The van der Waals surface area contributed by atoms with Gasteiger partial charge in [0, 0.05) is 13.1 Å². The first kappa shape index (κ1) is 15.8. The molecule has 1 aromatic carbocycles. The Balaban J connectivity index is 2.02. The second-order valence-corrected chi connectivity index (χ2v) is 6.48. The SMILES string of the molecule is C[C@@H](Oc1cccc(C(C)(C)C)c1)C(=O)N1CCOCC1. The van der Waals surface area contributed by atoms with Gasteiger partial charge in [-0.2, -0.15) is 0 Å². The van der Waals surface area contributed by atoms with E-state index < -0.39 is 6.10 Å². The minimum absolute atomic E-state index is 0.0273. The van der Waals surface area contributed by atoms with Crippen molar-refractivity contribution >= 4 is 5.91 Å². The topological polar surface area (TPSA) is 38.8 Å². The van der Waals surface area contributed by atoms with Crippen LogP contribution in [0.3, 0.4) is 0 Å². The molecule has 4 nitrogen and oxygen atoms in total. The molecule has 1 aliphatic heterocycles. The van der Waals surface area contributed by atoms with Crippen LogP contribution in [-0.2, 0) is 14.9 Å². The van der Waals surface area contributed by atoms with Crippen molar-refractivity contribution in [3.8, 4) is 5.75 Å². The van der Waals surface area contributed by atoms with Gasteiger partial charge in [0.1, 0.15) is 5.75 Å². The number of hydrogen-bond acceptors (Lipinski definition) is 3. The zero-order chi connectivity index (χ0) is 15.5. The Kier molecular flexibility index (Phi) is 4.88. The summed E-state index contributed by atoms with van der Waals surface area (Å²) in [6, 6.07) is 7.98. The van der Waals surface area contributed by atoms with E-state index in [4.69, 9.17) is 9.47 Å². The van der Waals surface area contributed by atoms with Crippen molar-refractivity contribution in [3.63, 3.8) is 0 Å². The second kappa shape index (κ2) is 6.48. The van der Waals surface area contributed by atoms with Crippen LogP contribution in [0.5, 0.6) is 5.75 Å². The van der Waals surface area contributed by atoms with E-state index in [1.165, 1.54) is 5.56 Å². The van der Waals surface area contributed by atoms with Gasteiger partial charge in [0.25, 0.3) is 5.91 Å². The summed E-state index contributed by atoms with van der Waals surface area (Å²) in [5, 5.41) is 0. The fourth-order valence-electron chi connectivity index (χ4n) is 2.33. The number of morpholine rings is 1. The molecule has 0 radical (unpaired) electrons. The first-order chi connectivity index (χ1) is 9.88. The van der Waals surface area contributed by atoms with Gasteiger partial charge in [0.2, 0.25) is 0 Å². The molecule has 0 unspecified atom stereocenters. The maximum Gasteiger partial charge on any atom is 0.263 e. The summed E-state index contributed by atoms with van der Waals surface area (Å²) in [7, 11) is 0. The van der Waals surface area contributed by atoms with Gasteiger partial charge in [-0.15, -0.1) is 0 Å². The van der Waals surface area contributed by atoms with Gasteiger partial charge >= 0.3 is 0 Å². The number of hydrogen-bond donors (Lipinski definition) is 0. The first-order valence-electron chi connectivity index (χ1n) is 7.51. The molecular formula is C17H25NO3. The average Bonchev–Trinajstić information content (AvgIpc) is 2.47. The fourth-order valence-corrected chi connectivity index (χ4v) is 2.33. The highest BCUT2D eigenvalue weighted by Gasteiger charge is 2.24. The van der Waals surface area contributed by atoms with Gasteiger partial charge < -0.3 is 14.4 Å². The summed E-state index contributed by atoms with van der Waals surface area (Å²) in [6.07, 6.45) is -0.474. The van der Waals surface area contributed by atoms with Crippen LogP contribution in [0.4, 0.5) is 0 Å². The summed E-state index contributed by atoms with van der Waals surface area (Å²) in [5.74, 6) is 0.774. The number of amides is 1. The van der Waals surface area contributed by atoms with E-state index in [1.807, 2.05) is 30.0 Å². The van der Waals surface area contributed by atoms with Gasteiger partial charge in [0.15, 0.2) is 6.10 Å². The molecule has 0 spiro atoms. The Hall–Kier alpha value is -1.55. The van der Waals surface area contributed by atoms with Gasteiger partial charge in [-0.05, 0) is 30.0 Å². The van der Waals surface area contributed by atoms with Crippen LogP contribution in [0.25, 0.3) is 0 Å². The number of ether oxygens (including phenoxy) is 2. The summed E-state index contributed by atoms with van der Waals surface area (Å²) in [5.41, 5.74) is 1.27. The second-order valence-electron chi connectivity index (χ2n) is 6.48. The highest BCUT2D eigenvalue weighted by Crippen LogP contribution is 2.26. The van der Waals surface area contributed by atoms with Gasteiger partial charge in [-0.1, -0.05) is 32.9 Å². The molecule has 0 saturated carbocycles. The lowest BCUT2D eigenvalue weighted by atomic mass is 9.87. The van der Waals surface area contributed by atoms with Crippen LogP contribution < -0.4 is 4.74 Å². The van der Waals surface area contributed by atoms with Gasteiger partial charge in [-0.3, -0.25) is 4.79 Å². The highest BCUT2D eigenvalue weighted by atomic mass is 16.5. The van der Waals surface area contributed by atoms with E-state index in [1.54, 1.807) is 0 Å². The Labute approximate surface area is 127 Å². The van der Waals surface area contributed by atoms with E-state index >= 15 is 0 Å². The minimum Gasteiger partial charge on any atom is -0.481 e. The lowest BCUT2D eigenvalue weighted by molar-refractivity contribution is -0.142. The molecule has 1 heterocycles. The van der Waals surface area contributed by atoms with Gasteiger partial charge in [0.05, 0.1) is 13.2 Å². The van der Waals surface area contributed by atoms with E-state index in [2.05, 4.69) is 26.8 Å². The van der Waals surface area contributed by atoms with Crippen molar-refractivity contribution in [1.82, 2.24) is 4.90 Å². The van der Waals surface area contributed by atoms with Crippen LogP contribution >= 0.6 is 0 Å². The standard InChI is InChI=1S/C17H25NO3/c1-13(16(19)18-8-10-20-11-9-18)21-15-7-5-6-14(12-15)17(2,3)4/h5-7,12-13H,8-11H2,1-4H3/t13-/m1/s1. The molecule has 1 aromatic rings. The lowest BCUT2D eigenvalue weighted by Crippen LogP contribution is -2.46. The van der Waals surface area contributed by atoms with Crippen molar-refractivity contribution in [1.29, 1.82) is 0 Å². The molecule has 1 atom stereocenters. The summed E-state index contributed by atoms with van der Waals surface area (Å²) in [6.45, 7) is 10.8. The smallest absolute Gasteiger partial charge is 0.263 e. The van der Waals surface area contributed by atoms with Crippen LogP contribution in [0.2, 0.25) is 0 Å². The monoisotopic (exact) mass is 291 g/mol. The van der Waals surface area contributed by atoms with Crippen molar-refractivity contribution < 1.29 is 14.3 Å². The maximum absolute atomic E-state index is 12.3. The Bertz CT molecular complexity index is 487. The predicted molar refractivity (Wildman–Crippen MR) is 82.6 cm³/mol. The molecule has 1 aliphatic rings. The van der Waals surface area contributed by atoms with Crippen molar-refractivity contribution in [2.45, 2.75) is 39.2 Å². The number of rotatable bonds is 3. The number of nitrogens with zero attached hydrogens (tertiary/aromatic N) is 1. The van der Waals surface area contributed by atoms with Crippen LogP contribution in [0.1, 0.15) is 33.3 Å². The number of benzene rings is 1. The average molecular weight is 291 g/mol. The molecule has 21 heavy (non-hydrogen) atoms. The summed E-state index contributed by atoms with van der Waals surface area (Å²) in [4.78, 5) is 14.1. The largest absolute Gasteiger partial charge is 0.481 e. The molecule has 1 amide bonds. The van der Waals surface area contributed by atoms with E-state index in [0.717, 1.165) is 5.75 Å². The quantitative estimate of drug-likeness (QED) is 0.859. The Morgan fingerprint density at radius 3 is 2.57 bits per heavy atom. The number of carbonyl (C=O) groups excluding carboxylic acids is 1. The molecule has 2 rings (SSSR count).